The molecule has 0 unspecified atom stereocenters. The predicted octanol–water partition coefficient (Wildman–Crippen LogP) is 2.55. The van der Waals surface area contributed by atoms with Crippen LogP contribution >= 0.6 is 0 Å². The molecule has 0 saturated carbocycles. The molecule has 2 saturated heterocycles. The molecule has 0 aliphatic carbocycles. The summed E-state index contributed by atoms with van der Waals surface area (Å²) in [6, 6.07) is 15.4. The molecule has 0 radical (unpaired) electrons. The van der Waals surface area contributed by atoms with Crippen LogP contribution in [0.3, 0.4) is 0 Å². The molecule has 2 heterocycles. The Morgan fingerprint density at radius 1 is 0.933 bits per heavy atom. The van der Waals surface area contributed by atoms with E-state index in [1.54, 1.807) is 12.0 Å². The van der Waals surface area contributed by atoms with Gasteiger partial charge in [0, 0.05) is 56.6 Å². The summed E-state index contributed by atoms with van der Waals surface area (Å²) in [6.07, 6.45) is 1.47. The van der Waals surface area contributed by atoms with Crippen LogP contribution in [-0.4, -0.2) is 63.2 Å². The number of ether oxygens (including phenoxy) is 2. The van der Waals surface area contributed by atoms with E-state index in [9.17, 15) is 9.59 Å². The standard InChI is InChI=1S/C23H27N3O4/c1-29-20-9-7-18(8-10-20)24-12-14-25(15-13-24)23(28)17-30-21-5-2-4-19(16-21)26-11-3-6-22(26)27/h2,4-5,7-10,16H,3,6,11-15,17H2,1H3. The number of anilines is 2. The molecule has 0 aromatic heterocycles. The molecule has 4 rings (SSSR count). The molecule has 2 aromatic rings. The first kappa shape index (κ1) is 20.1. The number of rotatable bonds is 6. The van der Waals surface area contributed by atoms with Crippen molar-refractivity contribution in [1.29, 1.82) is 0 Å². The third kappa shape index (κ3) is 4.50. The zero-order valence-electron chi connectivity index (χ0n) is 17.3. The maximum atomic E-state index is 12.6. The highest BCUT2D eigenvalue weighted by Crippen LogP contribution is 2.25. The van der Waals surface area contributed by atoms with Gasteiger partial charge in [-0.05, 0) is 42.8 Å². The van der Waals surface area contributed by atoms with E-state index in [2.05, 4.69) is 4.90 Å². The van der Waals surface area contributed by atoms with Crippen molar-refractivity contribution in [1.82, 2.24) is 4.90 Å². The molecule has 30 heavy (non-hydrogen) atoms. The number of benzene rings is 2. The van der Waals surface area contributed by atoms with E-state index in [-0.39, 0.29) is 18.4 Å². The minimum atomic E-state index is -0.0213. The van der Waals surface area contributed by atoms with Crippen molar-refractivity contribution in [3.63, 3.8) is 0 Å². The van der Waals surface area contributed by atoms with Gasteiger partial charge < -0.3 is 24.2 Å². The molecule has 2 aromatic carbocycles. The average molecular weight is 409 g/mol. The normalized spacial score (nSPS) is 16.7. The van der Waals surface area contributed by atoms with Crippen molar-refractivity contribution in [2.45, 2.75) is 12.8 Å². The van der Waals surface area contributed by atoms with Crippen molar-refractivity contribution < 1.29 is 19.1 Å². The second-order valence-corrected chi connectivity index (χ2v) is 7.50. The summed E-state index contributed by atoms with van der Waals surface area (Å²) in [6.45, 7) is 3.63. The van der Waals surface area contributed by atoms with Crippen LogP contribution in [-0.2, 0) is 9.59 Å². The summed E-state index contributed by atoms with van der Waals surface area (Å²) in [4.78, 5) is 30.4. The first-order valence-corrected chi connectivity index (χ1v) is 10.3. The Kier molecular flexibility index (Phi) is 6.07. The summed E-state index contributed by atoms with van der Waals surface area (Å²) in [5, 5.41) is 0. The summed E-state index contributed by atoms with van der Waals surface area (Å²) in [5.74, 6) is 1.56. The van der Waals surface area contributed by atoms with Crippen LogP contribution < -0.4 is 19.3 Å². The molecule has 0 atom stereocenters. The fraction of sp³-hybridized carbons (Fsp3) is 0.391. The second kappa shape index (κ2) is 9.07. The van der Waals surface area contributed by atoms with Gasteiger partial charge in [-0.25, -0.2) is 0 Å². The number of hydrogen-bond acceptors (Lipinski definition) is 5. The molecule has 2 aliphatic heterocycles. The molecule has 2 aliphatic rings. The van der Waals surface area contributed by atoms with Crippen LogP contribution in [0.15, 0.2) is 48.5 Å². The average Bonchev–Trinajstić information content (AvgIpc) is 3.24. The van der Waals surface area contributed by atoms with E-state index in [4.69, 9.17) is 9.47 Å². The Morgan fingerprint density at radius 2 is 1.70 bits per heavy atom. The Morgan fingerprint density at radius 3 is 2.37 bits per heavy atom. The van der Waals surface area contributed by atoms with E-state index >= 15 is 0 Å². The monoisotopic (exact) mass is 409 g/mol. The van der Waals surface area contributed by atoms with Crippen LogP contribution in [0.4, 0.5) is 11.4 Å². The predicted molar refractivity (Wildman–Crippen MR) is 115 cm³/mol. The van der Waals surface area contributed by atoms with Crippen LogP contribution in [0.25, 0.3) is 0 Å². The lowest BCUT2D eigenvalue weighted by molar-refractivity contribution is -0.133. The van der Waals surface area contributed by atoms with Crippen molar-refractivity contribution in [3.8, 4) is 11.5 Å². The van der Waals surface area contributed by atoms with Crippen molar-refractivity contribution in [2.24, 2.45) is 0 Å². The highest BCUT2D eigenvalue weighted by Gasteiger charge is 2.23. The van der Waals surface area contributed by atoms with Gasteiger partial charge in [0.25, 0.3) is 5.91 Å². The van der Waals surface area contributed by atoms with Gasteiger partial charge >= 0.3 is 0 Å². The molecule has 0 N–H and O–H groups in total. The SMILES string of the molecule is COc1ccc(N2CCN(C(=O)COc3cccc(N4CCCC4=O)c3)CC2)cc1. The smallest absolute Gasteiger partial charge is 0.260 e. The third-order valence-corrected chi connectivity index (χ3v) is 5.63. The molecule has 2 fully saturated rings. The molecule has 0 spiro atoms. The van der Waals surface area contributed by atoms with Crippen LogP contribution in [0.5, 0.6) is 11.5 Å². The van der Waals surface area contributed by atoms with Crippen molar-refractivity contribution in [3.05, 3.63) is 48.5 Å². The molecular weight excluding hydrogens is 382 g/mol. The molecule has 158 valence electrons. The number of hydrogen-bond donors (Lipinski definition) is 0. The number of nitrogens with zero attached hydrogens (tertiary/aromatic N) is 3. The maximum Gasteiger partial charge on any atom is 0.260 e. The highest BCUT2D eigenvalue weighted by atomic mass is 16.5. The Labute approximate surface area is 176 Å². The van der Waals surface area contributed by atoms with Crippen molar-refractivity contribution >= 4 is 23.2 Å². The number of amides is 2. The summed E-state index contributed by atoms with van der Waals surface area (Å²) in [5.41, 5.74) is 1.96. The molecule has 7 heteroatoms. The quantitative estimate of drug-likeness (QED) is 0.734. The van der Waals surface area contributed by atoms with Crippen LogP contribution in [0.2, 0.25) is 0 Å². The van der Waals surface area contributed by atoms with Gasteiger partial charge in [-0.2, -0.15) is 0 Å². The number of carbonyl (C=O) groups excluding carboxylic acids is 2. The topological polar surface area (TPSA) is 62.3 Å². The van der Waals surface area contributed by atoms with Crippen LogP contribution in [0.1, 0.15) is 12.8 Å². The van der Waals surface area contributed by atoms with E-state index in [0.717, 1.165) is 43.2 Å². The zero-order valence-corrected chi connectivity index (χ0v) is 17.3. The Bertz CT molecular complexity index is 892. The number of carbonyl (C=O) groups is 2. The Hall–Kier alpha value is -3.22. The maximum absolute atomic E-state index is 12.6. The minimum absolute atomic E-state index is 0.0000639. The van der Waals surface area contributed by atoms with Gasteiger partial charge in [0.1, 0.15) is 11.5 Å². The molecule has 2 amide bonds. The fourth-order valence-electron chi connectivity index (χ4n) is 3.91. The molecule has 7 nitrogen and oxygen atoms in total. The molecule has 0 bridgehead atoms. The lowest BCUT2D eigenvalue weighted by Crippen LogP contribution is -2.50. The number of methoxy groups -OCH3 is 1. The van der Waals surface area contributed by atoms with Gasteiger partial charge in [0.15, 0.2) is 6.61 Å². The molecular formula is C23H27N3O4. The van der Waals surface area contributed by atoms with Gasteiger partial charge in [-0.1, -0.05) is 6.07 Å². The van der Waals surface area contributed by atoms with Gasteiger partial charge in [-0.3, -0.25) is 9.59 Å². The summed E-state index contributed by atoms with van der Waals surface area (Å²) >= 11 is 0. The van der Waals surface area contributed by atoms with Crippen LogP contribution in [0, 0.1) is 0 Å². The van der Waals surface area contributed by atoms with Gasteiger partial charge in [-0.15, -0.1) is 0 Å². The highest BCUT2D eigenvalue weighted by molar-refractivity contribution is 5.95. The summed E-state index contributed by atoms with van der Waals surface area (Å²) in [7, 11) is 1.66. The minimum Gasteiger partial charge on any atom is -0.497 e. The van der Waals surface area contributed by atoms with Gasteiger partial charge in [0.05, 0.1) is 7.11 Å². The van der Waals surface area contributed by atoms with Crippen molar-refractivity contribution in [2.75, 3.05) is 56.2 Å². The fourth-order valence-corrected chi connectivity index (χ4v) is 3.91. The van der Waals surface area contributed by atoms with E-state index in [0.29, 0.717) is 25.3 Å². The van der Waals surface area contributed by atoms with Gasteiger partial charge in [0.2, 0.25) is 5.91 Å². The first-order chi connectivity index (χ1) is 14.6. The third-order valence-electron chi connectivity index (χ3n) is 5.63. The van der Waals surface area contributed by atoms with E-state index in [1.165, 1.54) is 0 Å². The summed E-state index contributed by atoms with van der Waals surface area (Å²) < 4.78 is 10.9. The van der Waals surface area contributed by atoms with E-state index < -0.39 is 0 Å². The van der Waals surface area contributed by atoms with E-state index in [1.807, 2.05) is 53.4 Å². The largest absolute Gasteiger partial charge is 0.497 e. The second-order valence-electron chi connectivity index (χ2n) is 7.50. The number of piperazine rings is 1. The zero-order chi connectivity index (χ0) is 20.9. The lowest BCUT2D eigenvalue weighted by Gasteiger charge is -2.36. The lowest BCUT2D eigenvalue weighted by atomic mass is 10.2. The first-order valence-electron chi connectivity index (χ1n) is 10.3. The Balaban J connectivity index is 1.27.